The molecule has 2 amide bonds. The maximum atomic E-state index is 12.3. The minimum atomic E-state index is -0.211. The topological polar surface area (TPSA) is 61.8 Å². The number of nitrogens with zero attached hydrogens (tertiary/aromatic N) is 1. The van der Waals surface area contributed by atoms with E-state index in [4.69, 9.17) is 4.74 Å². The van der Waals surface area contributed by atoms with Crippen molar-refractivity contribution in [3.05, 3.63) is 0 Å². The molecule has 120 valence electrons. The van der Waals surface area contributed by atoms with E-state index in [1.807, 2.05) is 11.8 Å². The van der Waals surface area contributed by atoms with Crippen LogP contribution in [0.3, 0.4) is 0 Å². The zero-order valence-electron chi connectivity index (χ0n) is 13.0. The van der Waals surface area contributed by atoms with Gasteiger partial charge in [0.05, 0.1) is 12.2 Å². The molecule has 0 aromatic rings. The third-order valence-corrected chi connectivity index (χ3v) is 5.37. The molecule has 2 saturated heterocycles. The first-order chi connectivity index (χ1) is 10.2. The molecule has 2 N–H and O–H groups in total. The summed E-state index contributed by atoms with van der Waals surface area (Å²) >= 11 is 0. The molecular weight excluding hydrogens is 268 g/mol. The summed E-state index contributed by atoms with van der Waals surface area (Å²) in [5, 5.41) is 12.9. The summed E-state index contributed by atoms with van der Waals surface area (Å²) in [5.74, 6) is 0.710. The minimum absolute atomic E-state index is 0.0788. The lowest BCUT2D eigenvalue weighted by Gasteiger charge is -2.38. The van der Waals surface area contributed by atoms with Gasteiger partial charge in [0, 0.05) is 25.2 Å². The first kappa shape index (κ1) is 15.1. The van der Waals surface area contributed by atoms with Crippen molar-refractivity contribution in [2.24, 2.45) is 5.92 Å². The predicted octanol–water partition coefficient (Wildman–Crippen LogP) is 1.89. The summed E-state index contributed by atoms with van der Waals surface area (Å²) in [7, 11) is 0. The molecule has 1 saturated carbocycles. The smallest absolute Gasteiger partial charge is 0.317 e. The van der Waals surface area contributed by atoms with Crippen molar-refractivity contribution in [2.45, 2.75) is 76.2 Å². The average molecular weight is 296 g/mol. The van der Waals surface area contributed by atoms with Gasteiger partial charge in [-0.05, 0) is 57.8 Å². The molecule has 0 aromatic carbocycles. The lowest BCUT2D eigenvalue weighted by atomic mass is 9.80. The fraction of sp³-hybridized carbons (Fsp3) is 0.938. The highest BCUT2D eigenvalue weighted by molar-refractivity contribution is 5.75. The van der Waals surface area contributed by atoms with Crippen LogP contribution in [0.25, 0.3) is 0 Å². The van der Waals surface area contributed by atoms with Crippen LogP contribution >= 0.6 is 0 Å². The maximum Gasteiger partial charge on any atom is 0.317 e. The second-order valence-electron chi connectivity index (χ2n) is 6.85. The first-order valence-corrected chi connectivity index (χ1v) is 8.53. The van der Waals surface area contributed by atoms with Crippen LogP contribution in [0.5, 0.6) is 0 Å². The summed E-state index contributed by atoms with van der Waals surface area (Å²) in [4.78, 5) is 14.3. The number of ether oxygens (including phenoxy) is 1. The monoisotopic (exact) mass is 296 g/mol. The molecule has 5 heteroatoms. The van der Waals surface area contributed by atoms with E-state index < -0.39 is 0 Å². The molecule has 2 heterocycles. The van der Waals surface area contributed by atoms with Crippen molar-refractivity contribution in [1.29, 1.82) is 0 Å². The molecule has 21 heavy (non-hydrogen) atoms. The zero-order valence-corrected chi connectivity index (χ0v) is 13.0. The summed E-state index contributed by atoms with van der Waals surface area (Å²) in [6.45, 7) is 3.61. The highest BCUT2D eigenvalue weighted by atomic mass is 16.5. The van der Waals surface area contributed by atoms with Gasteiger partial charge in [0.15, 0.2) is 0 Å². The van der Waals surface area contributed by atoms with Crippen molar-refractivity contribution < 1.29 is 14.6 Å². The Balaban J connectivity index is 1.36. The summed E-state index contributed by atoms with van der Waals surface area (Å²) in [6.07, 6.45) is 7.19. The average Bonchev–Trinajstić information content (AvgIpc) is 2.68. The van der Waals surface area contributed by atoms with Gasteiger partial charge in [-0.15, -0.1) is 0 Å². The van der Waals surface area contributed by atoms with Gasteiger partial charge in [0.1, 0.15) is 0 Å². The van der Waals surface area contributed by atoms with E-state index in [0.717, 1.165) is 58.1 Å². The van der Waals surface area contributed by atoms with Crippen molar-refractivity contribution in [3.8, 4) is 0 Å². The molecular formula is C16H28N2O3. The third kappa shape index (κ3) is 3.34. The van der Waals surface area contributed by atoms with Gasteiger partial charge in [-0.1, -0.05) is 0 Å². The molecule has 3 rings (SSSR count). The number of aliphatic hydroxyl groups is 1. The fourth-order valence-corrected chi connectivity index (χ4v) is 4.24. The normalized spacial score (nSPS) is 38.2. The van der Waals surface area contributed by atoms with E-state index in [1.54, 1.807) is 0 Å². The number of aliphatic hydroxyl groups excluding tert-OH is 1. The quantitative estimate of drug-likeness (QED) is 0.814. The lowest BCUT2D eigenvalue weighted by molar-refractivity contribution is -0.0262. The summed E-state index contributed by atoms with van der Waals surface area (Å²) in [6, 6.07) is 0.588. The van der Waals surface area contributed by atoms with Crippen molar-refractivity contribution in [3.63, 3.8) is 0 Å². The molecule has 0 spiro atoms. The molecule has 0 radical (unpaired) electrons. The highest BCUT2D eigenvalue weighted by Gasteiger charge is 2.42. The van der Waals surface area contributed by atoms with Gasteiger partial charge >= 0.3 is 6.03 Å². The van der Waals surface area contributed by atoms with Crippen molar-refractivity contribution in [2.75, 3.05) is 13.2 Å². The van der Waals surface area contributed by atoms with E-state index in [9.17, 15) is 9.90 Å². The van der Waals surface area contributed by atoms with E-state index in [0.29, 0.717) is 12.0 Å². The number of hydrogen-bond acceptors (Lipinski definition) is 3. The van der Waals surface area contributed by atoms with E-state index in [-0.39, 0.29) is 24.2 Å². The van der Waals surface area contributed by atoms with Crippen LogP contribution in [-0.4, -0.2) is 53.5 Å². The first-order valence-electron chi connectivity index (χ1n) is 8.53. The molecule has 3 fully saturated rings. The standard InChI is InChI=1S/C16H28N2O3/c1-2-21-15-7-11(8-15)5-6-17-16(20)18-12-3-4-13(18)10-14(19)9-12/h11-15,19H,2-10H2,1H3,(H,17,20)/t11?,12-,13-,15?/m0/s1. The highest BCUT2D eigenvalue weighted by Crippen LogP contribution is 2.36. The van der Waals surface area contributed by atoms with Gasteiger partial charge < -0.3 is 20.1 Å². The summed E-state index contributed by atoms with van der Waals surface area (Å²) < 4.78 is 5.56. The van der Waals surface area contributed by atoms with E-state index in [2.05, 4.69) is 5.32 Å². The largest absolute Gasteiger partial charge is 0.393 e. The van der Waals surface area contributed by atoms with Gasteiger partial charge in [-0.25, -0.2) is 4.79 Å². The van der Waals surface area contributed by atoms with Crippen LogP contribution in [-0.2, 0) is 4.74 Å². The van der Waals surface area contributed by atoms with E-state index >= 15 is 0 Å². The number of urea groups is 1. The Hall–Kier alpha value is -0.810. The molecule has 5 nitrogen and oxygen atoms in total. The number of piperidine rings is 1. The van der Waals surface area contributed by atoms with Crippen LogP contribution in [0.15, 0.2) is 0 Å². The van der Waals surface area contributed by atoms with Gasteiger partial charge in [0.2, 0.25) is 0 Å². The van der Waals surface area contributed by atoms with Crippen molar-refractivity contribution in [1.82, 2.24) is 10.2 Å². The molecule has 2 atom stereocenters. The van der Waals surface area contributed by atoms with Gasteiger partial charge in [-0.2, -0.15) is 0 Å². The Kier molecular flexibility index (Phi) is 4.69. The Morgan fingerprint density at radius 3 is 2.52 bits per heavy atom. The Morgan fingerprint density at radius 1 is 1.24 bits per heavy atom. The number of carbonyl (C=O) groups excluding carboxylic acids is 1. The number of carbonyl (C=O) groups is 1. The molecule has 0 aromatic heterocycles. The Bertz CT molecular complexity index is 357. The minimum Gasteiger partial charge on any atom is -0.393 e. The van der Waals surface area contributed by atoms with E-state index in [1.165, 1.54) is 0 Å². The zero-order chi connectivity index (χ0) is 14.8. The van der Waals surface area contributed by atoms with Crippen LogP contribution in [0.4, 0.5) is 4.79 Å². The summed E-state index contributed by atoms with van der Waals surface area (Å²) in [5.41, 5.74) is 0. The molecule has 1 aliphatic carbocycles. The number of rotatable bonds is 5. The Labute approximate surface area is 127 Å². The van der Waals surface area contributed by atoms with Crippen LogP contribution < -0.4 is 5.32 Å². The molecule has 2 aliphatic heterocycles. The SMILES string of the molecule is CCOC1CC(CCNC(=O)N2[C@H]3CC[C@H]2CC(O)C3)C1. The lowest BCUT2D eigenvalue weighted by Crippen LogP contribution is -2.52. The van der Waals surface area contributed by atoms with Gasteiger partial charge in [-0.3, -0.25) is 0 Å². The molecule has 0 unspecified atom stereocenters. The predicted molar refractivity (Wildman–Crippen MR) is 80.0 cm³/mol. The fourth-order valence-electron chi connectivity index (χ4n) is 4.24. The van der Waals surface area contributed by atoms with Gasteiger partial charge in [0.25, 0.3) is 0 Å². The number of amides is 2. The van der Waals surface area contributed by atoms with Crippen LogP contribution in [0, 0.1) is 5.92 Å². The maximum absolute atomic E-state index is 12.3. The third-order valence-electron chi connectivity index (χ3n) is 5.37. The van der Waals surface area contributed by atoms with Crippen molar-refractivity contribution >= 4 is 6.03 Å². The number of nitrogens with one attached hydrogen (secondary N) is 1. The number of hydrogen-bond donors (Lipinski definition) is 2. The molecule has 3 aliphatic rings. The van der Waals surface area contributed by atoms with Crippen LogP contribution in [0.2, 0.25) is 0 Å². The number of fused-ring (bicyclic) bond motifs is 2. The Morgan fingerprint density at radius 2 is 1.90 bits per heavy atom. The van der Waals surface area contributed by atoms with Crippen LogP contribution in [0.1, 0.15) is 51.9 Å². The molecule has 2 bridgehead atoms. The second kappa shape index (κ2) is 6.53. The second-order valence-corrected chi connectivity index (χ2v) is 6.85.